The Morgan fingerprint density at radius 1 is 1.25 bits per heavy atom. The molecule has 1 aromatic rings. The van der Waals surface area contributed by atoms with Gasteiger partial charge in [0.1, 0.15) is 0 Å². The molecular formula is C17H25NOS. The van der Waals surface area contributed by atoms with Crippen LogP contribution in [0.4, 0.5) is 0 Å². The Morgan fingerprint density at radius 3 is 2.95 bits per heavy atom. The van der Waals surface area contributed by atoms with E-state index in [9.17, 15) is 4.79 Å². The van der Waals surface area contributed by atoms with Crippen LogP contribution in [-0.4, -0.2) is 29.8 Å². The number of thiophene rings is 1. The number of hydrogen-bond donors (Lipinski definition) is 0. The Labute approximate surface area is 126 Å². The fourth-order valence-corrected chi connectivity index (χ4v) is 4.70. The molecule has 0 amide bonds. The SMILES string of the molecule is O=C(CCCN1CCC[C@H]2CCCC[C@H]21)c1cccs1. The van der Waals surface area contributed by atoms with E-state index in [2.05, 4.69) is 4.90 Å². The van der Waals surface area contributed by atoms with Crippen LogP contribution in [0.15, 0.2) is 17.5 Å². The number of piperidine rings is 1. The monoisotopic (exact) mass is 291 g/mol. The molecule has 2 nitrogen and oxygen atoms in total. The summed E-state index contributed by atoms with van der Waals surface area (Å²) in [5.74, 6) is 1.28. The molecule has 0 N–H and O–H groups in total. The minimum atomic E-state index is 0.331. The Kier molecular flexibility index (Phi) is 4.90. The van der Waals surface area contributed by atoms with Gasteiger partial charge in [-0.05, 0) is 62.6 Å². The predicted molar refractivity (Wildman–Crippen MR) is 84.4 cm³/mol. The standard InChI is InChI=1S/C17H25NOS/c19-16(17-10-5-13-20-17)9-4-12-18-11-3-7-14-6-1-2-8-15(14)18/h5,10,13-15H,1-4,6-9,11-12H2/t14-,15-/m1/s1. The van der Waals surface area contributed by atoms with E-state index in [-0.39, 0.29) is 0 Å². The van der Waals surface area contributed by atoms with Crippen molar-refractivity contribution in [1.29, 1.82) is 0 Å². The second-order valence-corrected chi connectivity index (χ2v) is 7.24. The van der Waals surface area contributed by atoms with Crippen molar-refractivity contribution < 1.29 is 4.79 Å². The topological polar surface area (TPSA) is 20.3 Å². The van der Waals surface area contributed by atoms with Crippen molar-refractivity contribution in [2.45, 2.75) is 57.4 Å². The van der Waals surface area contributed by atoms with Gasteiger partial charge >= 0.3 is 0 Å². The second-order valence-electron chi connectivity index (χ2n) is 6.29. The van der Waals surface area contributed by atoms with Crippen molar-refractivity contribution >= 4 is 17.1 Å². The summed E-state index contributed by atoms with van der Waals surface area (Å²) in [5, 5.41) is 1.99. The maximum Gasteiger partial charge on any atom is 0.172 e. The molecule has 0 bridgehead atoms. The predicted octanol–water partition coefficient (Wildman–Crippen LogP) is 4.37. The zero-order chi connectivity index (χ0) is 13.8. The van der Waals surface area contributed by atoms with Crippen molar-refractivity contribution in [1.82, 2.24) is 4.90 Å². The average Bonchev–Trinajstić information content (AvgIpc) is 3.02. The third kappa shape index (κ3) is 3.32. The summed E-state index contributed by atoms with van der Waals surface area (Å²) in [5.41, 5.74) is 0. The lowest BCUT2D eigenvalue weighted by Gasteiger charge is -2.44. The molecule has 20 heavy (non-hydrogen) atoms. The number of carbonyl (C=O) groups is 1. The number of ketones is 1. The van der Waals surface area contributed by atoms with Crippen LogP contribution in [0.5, 0.6) is 0 Å². The zero-order valence-electron chi connectivity index (χ0n) is 12.2. The second kappa shape index (κ2) is 6.86. The largest absolute Gasteiger partial charge is 0.300 e. The van der Waals surface area contributed by atoms with Gasteiger partial charge in [-0.25, -0.2) is 0 Å². The summed E-state index contributed by atoms with van der Waals surface area (Å²) in [6, 6.07) is 4.74. The number of Topliss-reactive ketones (excluding diaryl/α,β-unsaturated/α-hetero) is 1. The molecule has 0 unspecified atom stereocenters. The minimum absolute atomic E-state index is 0.331. The van der Waals surface area contributed by atoms with Gasteiger partial charge in [-0.2, -0.15) is 0 Å². The highest BCUT2D eigenvalue weighted by atomic mass is 32.1. The van der Waals surface area contributed by atoms with Crippen molar-refractivity contribution in [2.24, 2.45) is 5.92 Å². The van der Waals surface area contributed by atoms with Crippen LogP contribution in [0.3, 0.4) is 0 Å². The number of hydrogen-bond acceptors (Lipinski definition) is 3. The Hall–Kier alpha value is -0.670. The van der Waals surface area contributed by atoms with Gasteiger partial charge in [0.25, 0.3) is 0 Å². The van der Waals surface area contributed by atoms with Crippen LogP contribution in [0.2, 0.25) is 0 Å². The highest BCUT2D eigenvalue weighted by molar-refractivity contribution is 7.12. The van der Waals surface area contributed by atoms with Crippen molar-refractivity contribution in [3.05, 3.63) is 22.4 Å². The first kappa shape index (κ1) is 14.3. The normalized spacial score (nSPS) is 27.2. The Balaban J connectivity index is 1.46. The molecule has 1 saturated carbocycles. The molecule has 1 aromatic heterocycles. The van der Waals surface area contributed by atoms with Crippen molar-refractivity contribution in [3.8, 4) is 0 Å². The fourth-order valence-electron chi connectivity index (χ4n) is 4.01. The molecule has 0 radical (unpaired) electrons. The minimum Gasteiger partial charge on any atom is -0.300 e. The van der Waals surface area contributed by atoms with E-state index in [0.29, 0.717) is 12.2 Å². The van der Waals surface area contributed by atoms with Gasteiger partial charge in [0.05, 0.1) is 4.88 Å². The number of rotatable bonds is 5. The summed E-state index contributed by atoms with van der Waals surface area (Å²) in [4.78, 5) is 15.6. The van der Waals surface area contributed by atoms with Crippen LogP contribution in [0, 0.1) is 5.92 Å². The Morgan fingerprint density at radius 2 is 2.10 bits per heavy atom. The molecule has 110 valence electrons. The third-order valence-corrected chi connectivity index (χ3v) is 5.91. The smallest absolute Gasteiger partial charge is 0.172 e. The summed E-state index contributed by atoms with van der Waals surface area (Å²) in [6.45, 7) is 2.38. The van der Waals surface area contributed by atoms with Crippen molar-refractivity contribution in [2.75, 3.05) is 13.1 Å². The Bertz CT molecular complexity index is 426. The van der Waals surface area contributed by atoms with Crippen LogP contribution in [0.1, 0.15) is 61.0 Å². The van der Waals surface area contributed by atoms with Crippen LogP contribution < -0.4 is 0 Å². The summed E-state index contributed by atoms with van der Waals surface area (Å²) in [7, 11) is 0. The first-order valence-corrected chi connectivity index (χ1v) is 9.03. The molecule has 0 spiro atoms. The van der Waals surface area contributed by atoms with Gasteiger partial charge in [0, 0.05) is 12.5 Å². The summed E-state index contributed by atoms with van der Waals surface area (Å²) < 4.78 is 0. The molecule has 2 aliphatic rings. The quantitative estimate of drug-likeness (QED) is 0.751. The van der Waals surface area contributed by atoms with Crippen LogP contribution in [-0.2, 0) is 0 Å². The molecule has 1 aliphatic heterocycles. The van der Waals surface area contributed by atoms with Crippen LogP contribution >= 0.6 is 11.3 Å². The van der Waals surface area contributed by atoms with E-state index in [0.717, 1.165) is 29.8 Å². The number of likely N-dealkylation sites (tertiary alicyclic amines) is 1. The lowest BCUT2D eigenvalue weighted by molar-refractivity contribution is 0.0589. The lowest BCUT2D eigenvalue weighted by atomic mass is 9.78. The van der Waals surface area contributed by atoms with Gasteiger partial charge in [-0.3, -0.25) is 4.79 Å². The van der Waals surface area contributed by atoms with Gasteiger partial charge in [0.2, 0.25) is 0 Å². The first-order chi connectivity index (χ1) is 9.84. The van der Waals surface area contributed by atoms with Gasteiger partial charge in [-0.15, -0.1) is 11.3 Å². The molecule has 3 heteroatoms. The van der Waals surface area contributed by atoms with E-state index in [1.807, 2.05) is 17.5 Å². The maximum absolute atomic E-state index is 12.0. The highest BCUT2D eigenvalue weighted by Crippen LogP contribution is 2.35. The van der Waals surface area contributed by atoms with Gasteiger partial charge in [-0.1, -0.05) is 18.9 Å². The summed E-state index contributed by atoms with van der Waals surface area (Å²) >= 11 is 1.57. The highest BCUT2D eigenvalue weighted by Gasteiger charge is 2.32. The molecule has 1 saturated heterocycles. The maximum atomic E-state index is 12.0. The zero-order valence-corrected chi connectivity index (χ0v) is 13.0. The molecule has 2 fully saturated rings. The number of carbonyl (C=O) groups excluding carboxylic acids is 1. The average molecular weight is 291 g/mol. The molecule has 2 heterocycles. The van der Waals surface area contributed by atoms with Gasteiger partial charge < -0.3 is 4.90 Å². The molecule has 3 rings (SSSR count). The number of nitrogens with zero attached hydrogens (tertiary/aromatic N) is 1. The third-order valence-electron chi connectivity index (χ3n) is 5.00. The van der Waals surface area contributed by atoms with Crippen molar-refractivity contribution in [3.63, 3.8) is 0 Å². The molecule has 0 aromatic carbocycles. The van der Waals surface area contributed by atoms with Crippen LogP contribution in [0.25, 0.3) is 0 Å². The fraction of sp³-hybridized carbons (Fsp3) is 0.706. The first-order valence-electron chi connectivity index (χ1n) is 8.15. The van der Waals surface area contributed by atoms with E-state index >= 15 is 0 Å². The summed E-state index contributed by atoms with van der Waals surface area (Å²) in [6.07, 6.45) is 10.2. The van der Waals surface area contributed by atoms with E-state index < -0.39 is 0 Å². The van der Waals surface area contributed by atoms with Gasteiger partial charge in [0.15, 0.2) is 5.78 Å². The van der Waals surface area contributed by atoms with E-state index in [1.54, 1.807) is 11.3 Å². The molecule has 1 aliphatic carbocycles. The molecular weight excluding hydrogens is 266 g/mol. The number of fused-ring (bicyclic) bond motifs is 1. The lowest BCUT2D eigenvalue weighted by Crippen LogP contribution is -2.47. The van der Waals surface area contributed by atoms with E-state index in [1.165, 1.54) is 45.1 Å². The van der Waals surface area contributed by atoms with E-state index in [4.69, 9.17) is 0 Å². The molecule has 2 atom stereocenters.